The molecule has 0 bridgehead atoms. The molecule has 0 amide bonds. The number of hydrogen-bond donors (Lipinski definition) is 2. The topological polar surface area (TPSA) is 66.0 Å². The van der Waals surface area contributed by atoms with Gasteiger partial charge in [0.05, 0.1) is 5.52 Å². The minimum absolute atomic E-state index is 0.275. The van der Waals surface area contributed by atoms with E-state index in [0.29, 0.717) is 17.1 Å². The van der Waals surface area contributed by atoms with Gasteiger partial charge >= 0.3 is 5.97 Å². The van der Waals surface area contributed by atoms with Gasteiger partial charge in [0.2, 0.25) is 0 Å². The number of rotatable bonds is 2. The first-order chi connectivity index (χ1) is 7.50. The van der Waals surface area contributed by atoms with Crippen LogP contribution in [-0.2, 0) is 0 Å². The van der Waals surface area contributed by atoms with Gasteiger partial charge in [-0.25, -0.2) is 4.79 Å². The van der Waals surface area contributed by atoms with E-state index >= 15 is 0 Å². The molecular weight excluding hydrogens is 204 g/mol. The number of fused-ring (bicyclic) bond motifs is 1. The summed E-state index contributed by atoms with van der Waals surface area (Å²) in [5.74, 6) is -0.640. The Balaban J connectivity index is 2.74. The first kappa shape index (κ1) is 10.7. The van der Waals surface area contributed by atoms with Gasteiger partial charge in [0.15, 0.2) is 0 Å². The Bertz CT molecular complexity index is 555. The number of carboxylic acid groups (broad SMARTS) is 1. The number of carboxylic acids is 1. The molecule has 0 saturated heterocycles. The van der Waals surface area contributed by atoms with Gasteiger partial charge in [-0.05, 0) is 25.0 Å². The summed E-state index contributed by atoms with van der Waals surface area (Å²) in [5, 5.41) is 9.12. The van der Waals surface area contributed by atoms with Crippen molar-refractivity contribution in [2.75, 3.05) is 0 Å². The van der Waals surface area contributed by atoms with Gasteiger partial charge < -0.3 is 10.1 Å². The Morgan fingerprint density at radius 2 is 2.12 bits per heavy atom. The molecule has 2 aromatic heterocycles. The minimum Gasteiger partial charge on any atom is -0.478 e. The van der Waals surface area contributed by atoms with Crippen LogP contribution in [0.4, 0.5) is 0 Å². The molecule has 4 heteroatoms. The van der Waals surface area contributed by atoms with Crippen molar-refractivity contribution in [1.29, 1.82) is 0 Å². The third-order valence-corrected chi connectivity index (χ3v) is 2.66. The van der Waals surface area contributed by atoms with Crippen molar-refractivity contribution < 1.29 is 9.90 Å². The van der Waals surface area contributed by atoms with Crippen LogP contribution in [0.15, 0.2) is 12.1 Å². The molecule has 0 fully saturated rings. The number of carbonyl (C=O) groups is 1. The van der Waals surface area contributed by atoms with Crippen molar-refractivity contribution in [2.45, 2.75) is 26.7 Å². The molecule has 2 N–H and O–H groups in total. The highest BCUT2D eigenvalue weighted by Gasteiger charge is 2.16. The lowest BCUT2D eigenvalue weighted by atomic mass is 10.1. The first-order valence-electron chi connectivity index (χ1n) is 5.23. The van der Waals surface area contributed by atoms with Crippen molar-refractivity contribution in [3.63, 3.8) is 0 Å². The zero-order valence-electron chi connectivity index (χ0n) is 9.53. The number of pyridine rings is 1. The molecule has 0 aliphatic heterocycles. The molecule has 0 saturated carbocycles. The summed E-state index contributed by atoms with van der Waals surface area (Å²) in [6.45, 7) is 5.82. The van der Waals surface area contributed by atoms with E-state index in [-0.39, 0.29) is 5.56 Å². The van der Waals surface area contributed by atoms with Gasteiger partial charge in [0, 0.05) is 11.4 Å². The van der Waals surface area contributed by atoms with Crippen LogP contribution in [0.5, 0.6) is 0 Å². The maximum Gasteiger partial charge on any atom is 0.339 e. The van der Waals surface area contributed by atoms with E-state index in [1.165, 1.54) is 0 Å². The van der Waals surface area contributed by atoms with Gasteiger partial charge in [-0.15, -0.1) is 0 Å². The average molecular weight is 218 g/mol. The van der Waals surface area contributed by atoms with Crippen LogP contribution in [0.2, 0.25) is 0 Å². The molecule has 2 rings (SSSR count). The van der Waals surface area contributed by atoms with E-state index in [0.717, 1.165) is 11.2 Å². The fourth-order valence-corrected chi connectivity index (χ4v) is 1.79. The van der Waals surface area contributed by atoms with Gasteiger partial charge in [-0.3, -0.25) is 4.98 Å². The van der Waals surface area contributed by atoms with E-state index in [2.05, 4.69) is 9.97 Å². The normalized spacial score (nSPS) is 11.2. The zero-order chi connectivity index (χ0) is 11.9. The average Bonchev–Trinajstić information content (AvgIpc) is 2.51. The van der Waals surface area contributed by atoms with E-state index in [1.54, 1.807) is 6.92 Å². The molecule has 84 valence electrons. The third kappa shape index (κ3) is 1.56. The SMILES string of the molecule is Cc1[nH]c2ccc(C(C)C)nc2c1C(=O)O. The Labute approximate surface area is 93.3 Å². The van der Waals surface area contributed by atoms with Crippen molar-refractivity contribution in [1.82, 2.24) is 9.97 Å². The molecule has 2 heterocycles. The van der Waals surface area contributed by atoms with Gasteiger partial charge in [-0.1, -0.05) is 13.8 Å². The Hall–Kier alpha value is -1.84. The Morgan fingerprint density at radius 1 is 1.44 bits per heavy atom. The maximum absolute atomic E-state index is 11.1. The summed E-state index contributed by atoms with van der Waals surface area (Å²) in [6.07, 6.45) is 0. The first-order valence-corrected chi connectivity index (χ1v) is 5.23. The summed E-state index contributed by atoms with van der Waals surface area (Å²) in [6, 6.07) is 3.81. The summed E-state index contributed by atoms with van der Waals surface area (Å²) in [4.78, 5) is 18.6. The van der Waals surface area contributed by atoms with Crippen molar-refractivity contribution in [3.05, 3.63) is 29.1 Å². The molecule has 0 aliphatic carbocycles. The largest absolute Gasteiger partial charge is 0.478 e. The van der Waals surface area contributed by atoms with E-state index < -0.39 is 5.97 Å². The van der Waals surface area contributed by atoms with Crippen molar-refractivity contribution in [2.24, 2.45) is 0 Å². The van der Waals surface area contributed by atoms with Crippen LogP contribution >= 0.6 is 0 Å². The van der Waals surface area contributed by atoms with E-state index in [1.807, 2.05) is 26.0 Å². The number of nitrogens with zero attached hydrogens (tertiary/aromatic N) is 1. The maximum atomic E-state index is 11.1. The monoisotopic (exact) mass is 218 g/mol. The lowest BCUT2D eigenvalue weighted by Crippen LogP contribution is -1.99. The van der Waals surface area contributed by atoms with Gasteiger partial charge in [-0.2, -0.15) is 0 Å². The van der Waals surface area contributed by atoms with Gasteiger partial charge in [0.1, 0.15) is 11.1 Å². The number of nitrogens with one attached hydrogen (secondary N) is 1. The smallest absolute Gasteiger partial charge is 0.339 e. The summed E-state index contributed by atoms with van der Waals surface area (Å²) in [5.41, 5.74) is 3.16. The van der Waals surface area contributed by atoms with Crippen LogP contribution in [0.25, 0.3) is 11.0 Å². The molecular formula is C12H14N2O2. The fourth-order valence-electron chi connectivity index (χ4n) is 1.79. The highest BCUT2D eigenvalue weighted by Crippen LogP contribution is 2.22. The number of aromatic nitrogens is 2. The van der Waals surface area contributed by atoms with E-state index in [9.17, 15) is 4.79 Å². The van der Waals surface area contributed by atoms with Gasteiger partial charge in [0.25, 0.3) is 0 Å². The fraction of sp³-hybridized carbons (Fsp3) is 0.333. The van der Waals surface area contributed by atoms with Crippen LogP contribution in [0.1, 0.15) is 41.5 Å². The molecule has 0 aliphatic rings. The molecule has 0 unspecified atom stereocenters. The van der Waals surface area contributed by atoms with Crippen LogP contribution in [0.3, 0.4) is 0 Å². The highest BCUT2D eigenvalue weighted by molar-refractivity contribution is 6.02. The molecule has 0 radical (unpaired) electrons. The van der Waals surface area contributed by atoms with E-state index in [4.69, 9.17) is 5.11 Å². The lowest BCUT2D eigenvalue weighted by molar-refractivity contribution is 0.0698. The molecule has 4 nitrogen and oxygen atoms in total. The van der Waals surface area contributed by atoms with Crippen molar-refractivity contribution >= 4 is 17.0 Å². The molecule has 0 aromatic carbocycles. The highest BCUT2D eigenvalue weighted by atomic mass is 16.4. The predicted molar refractivity (Wildman–Crippen MR) is 61.9 cm³/mol. The second-order valence-electron chi connectivity index (χ2n) is 4.22. The standard InChI is InChI=1S/C12H14N2O2/c1-6(2)8-4-5-9-11(14-8)10(12(15)16)7(3)13-9/h4-6,13H,1-3H3,(H,15,16). The number of hydrogen-bond acceptors (Lipinski definition) is 2. The quantitative estimate of drug-likeness (QED) is 0.814. The predicted octanol–water partition coefficient (Wildman–Crippen LogP) is 2.69. The van der Waals surface area contributed by atoms with Crippen LogP contribution < -0.4 is 0 Å². The summed E-state index contributed by atoms with van der Waals surface area (Å²) < 4.78 is 0. The molecule has 0 atom stereocenters. The second kappa shape index (κ2) is 3.63. The summed E-state index contributed by atoms with van der Waals surface area (Å²) in [7, 11) is 0. The molecule has 0 spiro atoms. The minimum atomic E-state index is -0.933. The molecule has 16 heavy (non-hydrogen) atoms. The van der Waals surface area contributed by atoms with Crippen molar-refractivity contribution in [3.8, 4) is 0 Å². The third-order valence-electron chi connectivity index (χ3n) is 2.66. The number of aromatic amines is 1. The van der Waals surface area contributed by atoms with Crippen LogP contribution in [-0.4, -0.2) is 21.0 Å². The lowest BCUT2D eigenvalue weighted by Gasteiger charge is -2.03. The Kier molecular flexibility index (Phi) is 2.42. The number of H-pyrrole nitrogens is 1. The number of aromatic carboxylic acids is 1. The number of aryl methyl sites for hydroxylation is 1. The van der Waals surface area contributed by atoms with Crippen LogP contribution in [0, 0.1) is 6.92 Å². The zero-order valence-corrected chi connectivity index (χ0v) is 9.53. The molecule has 2 aromatic rings. The Morgan fingerprint density at radius 3 is 2.69 bits per heavy atom. The second-order valence-corrected chi connectivity index (χ2v) is 4.22. The summed E-state index contributed by atoms with van der Waals surface area (Å²) >= 11 is 0.